The molecular formula is C27H25N3O4. The minimum Gasteiger partial charge on any atom is -0.497 e. The van der Waals surface area contributed by atoms with Gasteiger partial charge in [-0.25, -0.2) is 0 Å². The molecule has 172 valence electrons. The number of anilines is 2. The van der Waals surface area contributed by atoms with Crippen molar-refractivity contribution in [2.24, 2.45) is 0 Å². The summed E-state index contributed by atoms with van der Waals surface area (Å²) in [6, 6.07) is 21.3. The van der Waals surface area contributed by atoms with E-state index in [2.05, 4.69) is 10.6 Å². The number of benzene rings is 3. The normalized spacial score (nSPS) is 10.7. The molecular weight excluding hydrogens is 430 g/mol. The molecule has 2 N–H and O–H groups in total. The van der Waals surface area contributed by atoms with Crippen molar-refractivity contribution in [2.75, 3.05) is 24.4 Å². The number of hydrogen-bond acceptors (Lipinski definition) is 5. The van der Waals surface area contributed by atoms with Crippen LogP contribution in [0.15, 0.2) is 72.3 Å². The summed E-state index contributed by atoms with van der Waals surface area (Å²) < 4.78 is 10.6. The second-order valence-electron chi connectivity index (χ2n) is 7.51. The molecule has 2 amide bonds. The molecule has 0 aromatic heterocycles. The molecule has 0 aliphatic heterocycles. The van der Waals surface area contributed by atoms with E-state index in [0.29, 0.717) is 28.4 Å². The van der Waals surface area contributed by atoms with Crippen LogP contribution in [0.4, 0.5) is 11.4 Å². The summed E-state index contributed by atoms with van der Waals surface area (Å²) in [4.78, 5) is 24.7. The van der Waals surface area contributed by atoms with Gasteiger partial charge in [0.25, 0.3) is 11.8 Å². The number of carbonyl (C=O) groups excluding carboxylic acids is 2. The van der Waals surface area contributed by atoms with Crippen molar-refractivity contribution < 1.29 is 19.1 Å². The highest BCUT2D eigenvalue weighted by Gasteiger charge is 2.12. The van der Waals surface area contributed by atoms with E-state index in [1.165, 1.54) is 6.08 Å². The number of methoxy groups -OCH3 is 1. The smallest absolute Gasteiger partial charge is 0.266 e. The molecule has 0 aliphatic carbocycles. The van der Waals surface area contributed by atoms with Gasteiger partial charge in [-0.15, -0.1) is 0 Å². The first-order valence-corrected chi connectivity index (χ1v) is 10.6. The molecule has 0 saturated carbocycles. The summed E-state index contributed by atoms with van der Waals surface area (Å²) in [5.41, 5.74) is 3.94. The van der Waals surface area contributed by atoms with Gasteiger partial charge in [0.05, 0.1) is 7.11 Å². The van der Waals surface area contributed by atoms with Gasteiger partial charge in [0, 0.05) is 11.4 Å². The number of nitrogens with zero attached hydrogens (tertiary/aromatic N) is 1. The van der Waals surface area contributed by atoms with Crippen LogP contribution >= 0.6 is 0 Å². The van der Waals surface area contributed by atoms with Gasteiger partial charge in [-0.3, -0.25) is 9.59 Å². The number of ether oxygens (including phenoxy) is 2. The van der Waals surface area contributed by atoms with Crippen LogP contribution in [0, 0.1) is 25.2 Å². The van der Waals surface area contributed by atoms with Gasteiger partial charge in [-0.1, -0.05) is 24.3 Å². The first-order valence-electron chi connectivity index (χ1n) is 10.6. The number of aryl methyl sites for hydroxylation is 1. The van der Waals surface area contributed by atoms with E-state index < -0.39 is 5.91 Å². The predicted octanol–water partition coefficient (Wildman–Crippen LogP) is 4.88. The maximum absolute atomic E-state index is 12.6. The van der Waals surface area contributed by atoms with Crippen LogP contribution in [0.1, 0.15) is 16.7 Å². The lowest BCUT2D eigenvalue weighted by Crippen LogP contribution is -2.20. The fourth-order valence-electron chi connectivity index (χ4n) is 3.07. The number of nitriles is 1. The van der Waals surface area contributed by atoms with Gasteiger partial charge in [0.15, 0.2) is 6.61 Å². The second-order valence-corrected chi connectivity index (χ2v) is 7.51. The minimum absolute atomic E-state index is 0.0200. The van der Waals surface area contributed by atoms with Gasteiger partial charge < -0.3 is 20.1 Å². The Morgan fingerprint density at radius 2 is 1.62 bits per heavy atom. The molecule has 3 aromatic carbocycles. The van der Waals surface area contributed by atoms with Crippen molar-refractivity contribution in [2.45, 2.75) is 13.8 Å². The van der Waals surface area contributed by atoms with E-state index in [9.17, 15) is 14.9 Å². The quantitative estimate of drug-likeness (QED) is 0.373. The van der Waals surface area contributed by atoms with Crippen LogP contribution in [-0.2, 0) is 9.59 Å². The molecule has 0 spiro atoms. The lowest BCUT2D eigenvalue weighted by molar-refractivity contribution is -0.118. The number of nitrogens with one attached hydrogen (secondary N) is 2. The topological polar surface area (TPSA) is 100 Å². The molecule has 0 bridgehead atoms. The van der Waals surface area contributed by atoms with Crippen LogP contribution < -0.4 is 20.1 Å². The van der Waals surface area contributed by atoms with Crippen LogP contribution in [0.3, 0.4) is 0 Å². The Balaban J connectivity index is 1.57. The van der Waals surface area contributed by atoms with Crippen molar-refractivity contribution in [3.8, 4) is 17.6 Å². The standard InChI is InChI=1S/C27H25N3O4/c1-18-5-4-6-25(19(18)2)30-27(32)21(16-28)15-20-7-11-24(12-8-20)34-17-26(31)29-22-9-13-23(33-3)14-10-22/h4-15H,17H2,1-3H3,(H,29,31)(H,30,32). The maximum atomic E-state index is 12.6. The van der Waals surface area contributed by atoms with Crippen molar-refractivity contribution in [3.05, 3.63) is 89.0 Å². The van der Waals surface area contributed by atoms with Gasteiger partial charge in [0.2, 0.25) is 0 Å². The third-order valence-electron chi connectivity index (χ3n) is 5.15. The SMILES string of the molecule is COc1ccc(NC(=O)COc2ccc(C=C(C#N)C(=O)Nc3cccc(C)c3C)cc2)cc1. The van der Waals surface area contributed by atoms with Crippen LogP contribution in [0.5, 0.6) is 11.5 Å². The van der Waals surface area contributed by atoms with Gasteiger partial charge in [-0.2, -0.15) is 5.26 Å². The molecule has 0 unspecified atom stereocenters. The van der Waals surface area contributed by atoms with E-state index in [4.69, 9.17) is 9.47 Å². The van der Waals surface area contributed by atoms with Crippen molar-refractivity contribution >= 4 is 29.3 Å². The zero-order valence-corrected chi connectivity index (χ0v) is 19.2. The highest BCUT2D eigenvalue weighted by atomic mass is 16.5. The number of amides is 2. The van der Waals surface area contributed by atoms with E-state index in [-0.39, 0.29) is 18.1 Å². The number of hydrogen-bond donors (Lipinski definition) is 2. The maximum Gasteiger partial charge on any atom is 0.266 e. The predicted molar refractivity (Wildman–Crippen MR) is 132 cm³/mol. The molecule has 0 aliphatic rings. The summed E-state index contributed by atoms with van der Waals surface area (Å²) in [5.74, 6) is 0.404. The molecule has 0 heterocycles. The van der Waals surface area contributed by atoms with E-state index in [1.54, 1.807) is 61.7 Å². The van der Waals surface area contributed by atoms with Gasteiger partial charge in [0.1, 0.15) is 23.1 Å². The lowest BCUT2D eigenvalue weighted by Gasteiger charge is -2.10. The van der Waals surface area contributed by atoms with Crippen molar-refractivity contribution in [3.63, 3.8) is 0 Å². The third kappa shape index (κ3) is 6.47. The molecule has 0 saturated heterocycles. The Morgan fingerprint density at radius 3 is 2.26 bits per heavy atom. The summed E-state index contributed by atoms with van der Waals surface area (Å²) >= 11 is 0. The minimum atomic E-state index is -0.480. The molecule has 7 heteroatoms. The highest BCUT2D eigenvalue weighted by molar-refractivity contribution is 6.10. The summed E-state index contributed by atoms with van der Waals surface area (Å²) in [5, 5.41) is 15.0. The van der Waals surface area contributed by atoms with E-state index in [0.717, 1.165) is 11.1 Å². The summed E-state index contributed by atoms with van der Waals surface area (Å²) in [6.07, 6.45) is 1.50. The lowest BCUT2D eigenvalue weighted by atomic mass is 10.1. The highest BCUT2D eigenvalue weighted by Crippen LogP contribution is 2.20. The van der Waals surface area contributed by atoms with Gasteiger partial charge in [-0.05, 0) is 79.1 Å². The Morgan fingerprint density at radius 1 is 0.941 bits per heavy atom. The first-order chi connectivity index (χ1) is 16.4. The zero-order valence-electron chi connectivity index (χ0n) is 19.2. The zero-order chi connectivity index (χ0) is 24.5. The summed E-state index contributed by atoms with van der Waals surface area (Å²) in [6.45, 7) is 3.71. The summed E-state index contributed by atoms with van der Waals surface area (Å²) in [7, 11) is 1.57. The van der Waals surface area contributed by atoms with Crippen molar-refractivity contribution in [1.82, 2.24) is 0 Å². The molecule has 7 nitrogen and oxygen atoms in total. The third-order valence-corrected chi connectivity index (χ3v) is 5.15. The molecule has 0 fully saturated rings. The Kier molecular flexibility index (Phi) is 8.03. The van der Waals surface area contributed by atoms with Crippen LogP contribution in [0.2, 0.25) is 0 Å². The molecule has 3 aromatic rings. The molecule has 0 atom stereocenters. The number of rotatable bonds is 8. The van der Waals surface area contributed by atoms with E-state index >= 15 is 0 Å². The molecule has 34 heavy (non-hydrogen) atoms. The first kappa shape index (κ1) is 24.1. The monoisotopic (exact) mass is 455 g/mol. The van der Waals surface area contributed by atoms with Gasteiger partial charge >= 0.3 is 0 Å². The molecule has 3 rings (SSSR count). The number of carbonyl (C=O) groups is 2. The fraction of sp³-hybridized carbons (Fsp3) is 0.148. The Hall–Kier alpha value is -4.57. The average Bonchev–Trinajstić information content (AvgIpc) is 2.85. The van der Waals surface area contributed by atoms with Crippen LogP contribution in [-0.4, -0.2) is 25.5 Å². The fourth-order valence-corrected chi connectivity index (χ4v) is 3.07. The Labute approximate surface area is 198 Å². The molecule has 0 radical (unpaired) electrons. The second kappa shape index (κ2) is 11.3. The van der Waals surface area contributed by atoms with Crippen LogP contribution in [0.25, 0.3) is 6.08 Å². The van der Waals surface area contributed by atoms with Crippen molar-refractivity contribution in [1.29, 1.82) is 5.26 Å². The largest absolute Gasteiger partial charge is 0.497 e. The van der Waals surface area contributed by atoms with E-state index in [1.807, 2.05) is 32.0 Å². The Bertz CT molecular complexity index is 1240. The average molecular weight is 456 g/mol.